The van der Waals surface area contributed by atoms with E-state index < -0.39 is 0 Å². The molecule has 0 atom stereocenters. The van der Waals surface area contributed by atoms with E-state index in [0.717, 1.165) is 35.4 Å². The molecule has 0 bridgehead atoms. The molecule has 0 fully saturated rings. The van der Waals surface area contributed by atoms with Crippen LogP contribution in [0.15, 0.2) is 83.8 Å². The standard InChI is InChI=1S/C25H22FN3O/c1-27-14-15-29(23-11-9-18-6-2-3-7-21(18)25(23)26)22-12-10-20(16-19(22)17-27)28-13-5-4-8-24(28)30/h2-13,16H,14-15,17H2,1H3. The molecule has 0 amide bonds. The molecule has 0 unspecified atom stereocenters. The van der Waals surface area contributed by atoms with Crippen LogP contribution in [0.25, 0.3) is 16.5 Å². The van der Waals surface area contributed by atoms with Crippen LogP contribution >= 0.6 is 0 Å². The van der Waals surface area contributed by atoms with E-state index in [1.54, 1.807) is 22.9 Å². The minimum absolute atomic E-state index is 0.0724. The van der Waals surface area contributed by atoms with Crippen molar-refractivity contribution in [3.63, 3.8) is 0 Å². The summed E-state index contributed by atoms with van der Waals surface area (Å²) in [7, 11) is 2.06. The van der Waals surface area contributed by atoms with Crippen molar-refractivity contribution in [3.05, 3.63) is 101 Å². The molecule has 0 aliphatic carbocycles. The summed E-state index contributed by atoms with van der Waals surface area (Å²) in [5.41, 5.74) is 3.36. The van der Waals surface area contributed by atoms with E-state index in [1.807, 2.05) is 60.7 Å². The van der Waals surface area contributed by atoms with E-state index in [2.05, 4.69) is 16.8 Å². The maximum Gasteiger partial charge on any atom is 0.255 e. The van der Waals surface area contributed by atoms with Gasteiger partial charge in [0.1, 0.15) is 0 Å². The highest BCUT2D eigenvalue weighted by Gasteiger charge is 2.23. The number of halogens is 1. The highest BCUT2D eigenvalue weighted by atomic mass is 19.1. The summed E-state index contributed by atoms with van der Waals surface area (Å²) in [5, 5.41) is 1.52. The van der Waals surface area contributed by atoms with E-state index in [-0.39, 0.29) is 11.4 Å². The monoisotopic (exact) mass is 399 g/mol. The molecule has 2 heterocycles. The van der Waals surface area contributed by atoms with Crippen LogP contribution in [0.4, 0.5) is 15.8 Å². The predicted octanol–water partition coefficient (Wildman–Crippen LogP) is 4.71. The van der Waals surface area contributed by atoms with Gasteiger partial charge in [0.15, 0.2) is 5.82 Å². The summed E-state index contributed by atoms with van der Waals surface area (Å²) in [4.78, 5) is 16.5. The first kappa shape index (κ1) is 18.6. The minimum atomic E-state index is -0.202. The molecule has 5 rings (SSSR count). The second kappa shape index (κ2) is 7.43. The van der Waals surface area contributed by atoms with Gasteiger partial charge in [0.05, 0.1) is 5.69 Å². The average molecular weight is 399 g/mol. The summed E-state index contributed by atoms with van der Waals surface area (Å²) in [6, 6.07) is 22.5. The topological polar surface area (TPSA) is 28.5 Å². The largest absolute Gasteiger partial charge is 0.338 e. The van der Waals surface area contributed by atoms with Gasteiger partial charge < -0.3 is 9.80 Å². The van der Waals surface area contributed by atoms with Crippen LogP contribution in [0.1, 0.15) is 5.56 Å². The highest BCUT2D eigenvalue weighted by Crippen LogP contribution is 2.36. The van der Waals surface area contributed by atoms with Crippen LogP contribution in [-0.2, 0) is 6.54 Å². The zero-order valence-electron chi connectivity index (χ0n) is 16.8. The van der Waals surface area contributed by atoms with Crippen LogP contribution < -0.4 is 10.5 Å². The van der Waals surface area contributed by atoms with Crippen molar-refractivity contribution in [3.8, 4) is 5.69 Å². The van der Waals surface area contributed by atoms with Crippen molar-refractivity contribution < 1.29 is 4.39 Å². The quantitative estimate of drug-likeness (QED) is 0.489. The van der Waals surface area contributed by atoms with E-state index in [4.69, 9.17) is 0 Å². The van der Waals surface area contributed by atoms with E-state index >= 15 is 4.39 Å². The fourth-order valence-electron chi connectivity index (χ4n) is 4.19. The second-order valence-electron chi connectivity index (χ2n) is 7.73. The number of hydrogen-bond acceptors (Lipinski definition) is 3. The first-order chi connectivity index (χ1) is 14.6. The van der Waals surface area contributed by atoms with Crippen LogP contribution in [-0.4, -0.2) is 29.6 Å². The number of aromatic nitrogens is 1. The number of nitrogens with zero attached hydrogens (tertiary/aromatic N) is 3. The van der Waals surface area contributed by atoms with Crippen molar-refractivity contribution >= 4 is 22.1 Å². The molecule has 4 aromatic rings. The van der Waals surface area contributed by atoms with Crippen LogP contribution in [0.2, 0.25) is 0 Å². The van der Waals surface area contributed by atoms with Gasteiger partial charge in [-0.1, -0.05) is 36.4 Å². The minimum Gasteiger partial charge on any atom is -0.338 e. The molecule has 3 aromatic carbocycles. The Kier molecular flexibility index (Phi) is 4.60. The van der Waals surface area contributed by atoms with Gasteiger partial charge in [0.25, 0.3) is 5.56 Å². The molecular formula is C25H22FN3O. The zero-order chi connectivity index (χ0) is 20.7. The van der Waals surface area contributed by atoms with Crippen LogP contribution in [0.5, 0.6) is 0 Å². The van der Waals surface area contributed by atoms with Crippen LogP contribution in [0, 0.1) is 5.82 Å². The Morgan fingerprint density at radius 2 is 1.67 bits per heavy atom. The van der Waals surface area contributed by atoms with Crippen molar-refractivity contribution in [1.82, 2.24) is 9.47 Å². The molecule has 0 radical (unpaired) electrons. The SMILES string of the molecule is CN1CCN(c2ccc3ccccc3c2F)c2ccc(-n3ccccc3=O)cc2C1. The Hall–Kier alpha value is -3.44. The van der Waals surface area contributed by atoms with Gasteiger partial charge >= 0.3 is 0 Å². The lowest BCUT2D eigenvalue weighted by Crippen LogP contribution is -2.26. The van der Waals surface area contributed by atoms with Gasteiger partial charge in [-0.05, 0) is 48.3 Å². The third-order valence-electron chi connectivity index (χ3n) is 5.73. The summed E-state index contributed by atoms with van der Waals surface area (Å²) in [6.07, 6.45) is 1.77. The van der Waals surface area contributed by atoms with Gasteiger partial charge in [-0.2, -0.15) is 0 Å². The lowest BCUT2D eigenvalue weighted by molar-refractivity contribution is 0.343. The highest BCUT2D eigenvalue weighted by molar-refractivity contribution is 5.88. The molecule has 1 aliphatic heterocycles. The third kappa shape index (κ3) is 3.17. The Morgan fingerprint density at radius 1 is 0.867 bits per heavy atom. The van der Waals surface area contributed by atoms with Crippen LogP contribution in [0.3, 0.4) is 0 Å². The Balaban J connectivity index is 1.65. The molecule has 1 aliphatic rings. The molecule has 1 aromatic heterocycles. The normalized spacial score (nSPS) is 14.5. The van der Waals surface area contributed by atoms with Gasteiger partial charge in [-0.15, -0.1) is 0 Å². The number of hydrogen-bond donors (Lipinski definition) is 0. The number of pyridine rings is 1. The van der Waals surface area contributed by atoms with Crippen molar-refractivity contribution in [2.24, 2.45) is 0 Å². The summed E-state index contributed by atoms with van der Waals surface area (Å²) < 4.78 is 17.1. The third-order valence-corrected chi connectivity index (χ3v) is 5.73. The number of likely N-dealkylation sites (N-methyl/N-ethyl adjacent to an activating group) is 1. The predicted molar refractivity (Wildman–Crippen MR) is 119 cm³/mol. The second-order valence-corrected chi connectivity index (χ2v) is 7.73. The number of benzene rings is 3. The molecule has 0 spiro atoms. The van der Waals surface area contributed by atoms with E-state index in [0.29, 0.717) is 17.6 Å². The Labute approximate surface area is 174 Å². The molecule has 0 saturated heterocycles. The first-order valence-corrected chi connectivity index (χ1v) is 10.1. The van der Waals surface area contributed by atoms with Crippen molar-refractivity contribution in [1.29, 1.82) is 0 Å². The lowest BCUT2D eigenvalue weighted by atomic mass is 10.1. The van der Waals surface area contributed by atoms with Gasteiger partial charge in [-0.3, -0.25) is 9.36 Å². The Bertz CT molecular complexity index is 1300. The maximum absolute atomic E-state index is 15.5. The fourth-order valence-corrected chi connectivity index (χ4v) is 4.19. The Morgan fingerprint density at radius 3 is 2.53 bits per heavy atom. The van der Waals surface area contributed by atoms with Gasteiger partial charge in [0, 0.05) is 48.7 Å². The zero-order valence-corrected chi connectivity index (χ0v) is 16.8. The summed E-state index contributed by atoms with van der Waals surface area (Å²) in [5.74, 6) is -0.202. The molecule has 5 heteroatoms. The molecule has 0 N–H and O–H groups in total. The van der Waals surface area contributed by atoms with Crippen molar-refractivity contribution in [2.75, 3.05) is 25.0 Å². The number of anilines is 2. The fraction of sp³-hybridized carbons (Fsp3) is 0.160. The van der Waals surface area contributed by atoms with Gasteiger partial charge in [-0.25, -0.2) is 4.39 Å². The van der Waals surface area contributed by atoms with Gasteiger partial charge in [0.2, 0.25) is 0 Å². The van der Waals surface area contributed by atoms with Crippen molar-refractivity contribution in [2.45, 2.75) is 6.54 Å². The summed E-state index contributed by atoms with van der Waals surface area (Å²) in [6.45, 7) is 2.22. The molecule has 0 saturated carbocycles. The average Bonchev–Trinajstić information content (AvgIpc) is 2.92. The maximum atomic E-state index is 15.5. The first-order valence-electron chi connectivity index (χ1n) is 10.1. The molecule has 30 heavy (non-hydrogen) atoms. The number of fused-ring (bicyclic) bond motifs is 2. The molecule has 150 valence electrons. The lowest BCUT2D eigenvalue weighted by Gasteiger charge is -2.26. The summed E-state index contributed by atoms with van der Waals surface area (Å²) >= 11 is 0. The molecular weight excluding hydrogens is 377 g/mol. The van der Waals surface area contributed by atoms with E-state index in [9.17, 15) is 4.79 Å². The molecule has 4 nitrogen and oxygen atoms in total. The number of rotatable bonds is 2. The van der Waals surface area contributed by atoms with E-state index in [1.165, 1.54) is 0 Å². The smallest absolute Gasteiger partial charge is 0.255 e.